The molecular formula is C19H31N3O2. The number of hydrogen-bond donors (Lipinski definition) is 1. The van der Waals surface area contributed by atoms with Gasteiger partial charge in [-0.1, -0.05) is 19.3 Å². The molecule has 1 N–H and O–H groups in total. The minimum atomic E-state index is 0.252. The second-order valence-corrected chi connectivity index (χ2v) is 8.35. The summed E-state index contributed by atoms with van der Waals surface area (Å²) in [7, 11) is 0. The average Bonchev–Trinajstić information content (AvgIpc) is 3.34. The Morgan fingerprint density at radius 1 is 0.833 bits per heavy atom. The summed E-state index contributed by atoms with van der Waals surface area (Å²) in [5.41, 5.74) is 0.317. The molecule has 2 aliphatic carbocycles. The molecule has 0 aromatic carbocycles. The fraction of sp³-hybridized carbons (Fsp3) is 0.895. The molecule has 0 radical (unpaired) electrons. The number of piperazine rings is 1. The molecule has 1 atom stereocenters. The van der Waals surface area contributed by atoms with E-state index < -0.39 is 0 Å². The third-order valence-corrected chi connectivity index (χ3v) is 6.94. The highest BCUT2D eigenvalue weighted by molar-refractivity contribution is 5.83. The number of piperidine rings is 1. The monoisotopic (exact) mass is 333 g/mol. The molecule has 2 aliphatic heterocycles. The zero-order valence-corrected chi connectivity index (χ0v) is 14.8. The summed E-state index contributed by atoms with van der Waals surface area (Å²) in [5.74, 6) is 1.23. The summed E-state index contributed by atoms with van der Waals surface area (Å²) in [5, 5.41) is 3.40. The van der Waals surface area contributed by atoms with Gasteiger partial charge < -0.3 is 15.1 Å². The highest BCUT2D eigenvalue weighted by atomic mass is 16.2. The van der Waals surface area contributed by atoms with E-state index in [4.69, 9.17) is 0 Å². The van der Waals surface area contributed by atoms with E-state index in [-0.39, 0.29) is 11.8 Å². The van der Waals surface area contributed by atoms with E-state index in [0.29, 0.717) is 17.2 Å². The Bertz CT molecular complexity index is 487. The van der Waals surface area contributed by atoms with Crippen molar-refractivity contribution in [2.75, 3.05) is 39.3 Å². The van der Waals surface area contributed by atoms with E-state index in [0.717, 1.165) is 71.4 Å². The molecule has 2 saturated carbocycles. The fourth-order valence-electron chi connectivity index (χ4n) is 5.15. The van der Waals surface area contributed by atoms with Crippen LogP contribution in [0.1, 0.15) is 51.4 Å². The molecule has 134 valence electrons. The van der Waals surface area contributed by atoms with Crippen molar-refractivity contribution in [3.63, 3.8) is 0 Å². The van der Waals surface area contributed by atoms with Crippen LogP contribution in [-0.2, 0) is 9.59 Å². The average molecular weight is 333 g/mol. The van der Waals surface area contributed by atoms with Gasteiger partial charge in [-0.2, -0.15) is 0 Å². The summed E-state index contributed by atoms with van der Waals surface area (Å²) >= 11 is 0. The normalized spacial score (nSPS) is 30.4. The molecule has 5 nitrogen and oxygen atoms in total. The van der Waals surface area contributed by atoms with Crippen molar-refractivity contribution in [3.05, 3.63) is 0 Å². The van der Waals surface area contributed by atoms with E-state index >= 15 is 0 Å². The highest BCUT2D eigenvalue weighted by Crippen LogP contribution is 2.59. The predicted octanol–water partition coefficient (Wildman–Crippen LogP) is 1.63. The van der Waals surface area contributed by atoms with Gasteiger partial charge in [0.1, 0.15) is 0 Å². The molecule has 1 spiro atoms. The molecule has 0 aromatic rings. The van der Waals surface area contributed by atoms with E-state index in [1.165, 1.54) is 19.3 Å². The number of amides is 2. The second kappa shape index (κ2) is 6.66. The quantitative estimate of drug-likeness (QED) is 0.836. The number of hydrogen-bond acceptors (Lipinski definition) is 3. The van der Waals surface area contributed by atoms with Crippen LogP contribution in [0.3, 0.4) is 0 Å². The molecule has 5 heteroatoms. The molecule has 2 saturated heterocycles. The van der Waals surface area contributed by atoms with Crippen LogP contribution in [0.2, 0.25) is 0 Å². The molecule has 2 amide bonds. The summed E-state index contributed by atoms with van der Waals surface area (Å²) < 4.78 is 0. The van der Waals surface area contributed by atoms with Gasteiger partial charge in [-0.15, -0.1) is 0 Å². The van der Waals surface area contributed by atoms with Gasteiger partial charge >= 0.3 is 0 Å². The van der Waals surface area contributed by atoms with Crippen molar-refractivity contribution in [3.8, 4) is 0 Å². The van der Waals surface area contributed by atoms with Gasteiger partial charge in [0.15, 0.2) is 0 Å². The largest absolute Gasteiger partial charge is 0.339 e. The molecule has 4 fully saturated rings. The first kappa shape index (κ1) is 16.4. The third kappa shape index (κ3) is 3.07. The Kier molecular flexibility index (Phi) is 4.54. The van der Waals surface area contributed by atoms with Gasteiger partial charge in [0, 0.05) is 38.0 Å². The number of carbonyl (C=O) groups excluding carboxylic acids is 2. The first-order chi connectivity index (χ1) is 11.7. The topological polar surface area (TPSA) is 52.7 Å². The summed E-state index contributed by atoms with van der Waals surface area (Å²) in [4.78, 5) is 29.5. The smallest absolute Gasteiger partial charge is 0.226 e. The zero-order valence-electron chi connectivity index (χ0n) is 14.8. The lowest BCUT2D eigenvalue weighted by Gasteiger charge is -2.37. The molecule has 4 aliphatic rings. The zero-order chi connectivity index (χ0) is 16.6. The summed E-state index contributed by atoms with van der Waals surface area (Å²) in [6, 6.07) is 0. The van der Waals surface area contributed by atoms with Crippen molar-refractivity contribution >= 4 is 11.8 Å². The van der Waals surface area contributed by atoms with E-state index in [1.807, 2.05) is 9.80 Å². The van der Waals surface area contributed by atoms with Crippen LogP contribution in [0.5, 0.6) is 0 Å². The lowest BCUT2D eigenvalue weighted by atomic mass is 9.88. The summed E-state index contributed by atoms with van der Waals surface area (Å²) in [6.45, 7) is 5.08. The van der Waals surface area contributed by atoms with Gasteiger partial charge in [-0.3, -0.25) is 9.59 Å². The molecule has 0 aromatic heterocycles. The van der Waals surface area contributed by atoms with Crippen LogP contribution in [0.15, 0.2) is 0 Å². The second-order valence-electron chi connectivity index (χ2n) is 8.35. The van der Waals surface area contributed by atoms with E-state index in [9.17, 15) is 9.59 Å². The van der Waals surface area contributed by atoms with Crippen LogP contribution in [0, 0.1) is 17.3 Å². The predicted molar refractivity (Wildman–Crippen MR) is 92.4 cm³/mol. The van der Waals surface area contributed by atoms with Gasteiger partial charge in [-0.05, 0) is 50.6 Å². The van der Waals surface area contributed by atoms with Crippen molar-refractivity contribution < 1.29 is 9.59 Å². The number of nitrogens with one attached hydrogen (secondary N) is 1. The minimum absolute atomic E-state index is 0.252. The number of nitrogens with zero attached hydrogens (tertiary/aromatic N) is 2. The Labute approximate surface area is 145 Å². The van der Waals surface area contributed by atoms with Crippen LogP contribution < -0.4 is 5.32 Å². The molecule has 4 rings (SSSR count). The standard InChI is InChI=1S/C19H31N3O2/c23-17(15-4-2-1-3-5-15)21-10-12-22(13-11-21)18(24)16-14-19(16)6-8-20-9-7-19/h15-16,20H,1-14H2. The fourth-order valence-corrected chi connectivity index (χ4v) is 5.15. The SMILES string of the molecule is O=C(C1CCCCC1)N1CCN(C(=O)C2CC23CCNCC3)CC1. The van der Waals surface area contributed by atoms with Crippen LogP contribution in [0.4, 0.5) is 0 Å². The van der Waals surface area contributed by atoms with Crippen molar-refractivity contribution in [1.29, 1.82) is 0 Å². The Morgan fingerprint density at radius 3 is 2.04 bits per heavy atom. The number of rotatable bonds is 2. The van der Waals surface area contributed by atoms with Gasteiger partial charge in [0.05, 0.1) is 0 Å². The van der Waals surface area contributed by atoms with E-state index in [2.05, 4.69) is 5.32 Å². The maximum absolute atomic E-state index is 12.8. The number of carbonyl (C=O) groups is 2. The molecule has 24 heavy (non-hydrogen) atoms. The van der Waals surface area contributed by atoms with Crippen molar-refractivity contribution in [1.82, 2.24) is 15.1 Å². The Balaban J connectivity index is 1.27. The Hall–Kier alpha value is -1.10. The molecule has 2 heterocycles. The summed E-state index contributed by atoms with van der Waals surface area (Å²) in [6.07, 6.45) is 9.22. The van der Waals surface area contributed by atoms with Crippen LogP contribution >= 0.6 is 0 Å². The van der Waals surface area contributed by atoms with E-state index in [1.54, 1.807) is 0 Å². The molecule has 1 unspecified atom stereocenters. The van der Waals surface area contributed by atoms with Gasteiger partial charge in [0.2, 0.25) is 11.8 Å². The first-order valence-corrected chi connectivity index (χ1v) is 9.98. The van der Waals surface area contributed by atoms with Crippen LogP contribution in [-0.4, -0.2) is 60.9 Å². The maximum atomic E-state index is 12.8. The third-order valence-electron chi connectivity index (χ3n) is 6.94. The lowest BCUT2D eigenvalue weighted by Crippen LogP contribution is -2.52. The minimum Gasteiger partial charge on any atom is -0.339 e. The maximum Gasteiger partial charge on any atom is 0.226 e. The Morgan fingerprint density at radius 2 is 1.42 bits per heavy atom. The highest BCUT2D eigenvalue weighted by Gasteiger charge is 2.58. The lowest BCUT2D eigenvalue weighted by molar-refractivity contribution is -0.143. The van der Waals surface area contributed by atoms with Gasteiger partial charge in [0.25, 0.3) is 0 Å². The first-order valence-electron chi connectivity index (χ1n) is 9.98. The molecular weight excluding hydrogens is 302 g/mol. The van der Waals surface area contributed by atoms with Crippen molar-refractivity contribution in [2.24, 2.45) is 17.3 Å². The molecule has 0 bridgehead atoms. The van der Waals surface area contributed by atoms with Gasteiger partial charge in [-0.25, -0.2) is 0 Å². The van der Waals surface area contributed by atoms with Crippen molar-refractivity contribution in [2.45, 2.75) is 51.4 Å². The van der Waals surface area contributed by atoms with Crippen LogP contribution in [0.25, 0.3) is 0 Å².